The molecule has 2 fully saturated rings. The molecular weight excluding hydrogens is 441 g/mol. The van der Waals surface area contributed by atoms with E-state index in [1.807, 2.05) is 22.6 Å². The average molecular weight is 464 g/mol. The van der Waals surface area contributed by atoms with Gasteiger partial charge >= 0.3 is 0 Å². The summed E-state index contributed by atoms with van der Waals surface area (Å²) in [7, 11) is 1.95. The molecule has 7 heteroatoms. The fraction of sp³-hybridized carbons (Fsp3) is 0.524. The Morgan fingerprint density at radius 2 is 2.07 bits per heavy atom. The lowest BCUT2D eigenvalue weighted by Gasteiger charge is -2.27. The van der Waals surface area contributed by atoms with E-state index in [0.29, 0.717) is 13.0 Å². The number of aromatic nitrogens is 2. The summed E-state index contributed by atoms with van der Waals surface area (Å²) >= 11 is 9.16. The van der Waals surface area contributed by atoms with Crippen molar-refractivity contribution in [3.05, 3.63) is 50.2 Å². The topological polar surface area (TPSA) is 30.2 Å². The summed E-state index contributed by atoms with van der Waals surface area (Å²) < 4.78 is 20.4. The molecule has 0 bridgehead atoms. The van der Waals surface area contributed by atoms with Crippen molar-refractivity contribution in [3.63, 3.8) is 0 Å². The minimum absolute atomic E-state index is 0.155. The number of likely N-dealkylation sites (tertiary alicyclic amines) is 1. The van der Waals surface area contributed by atoms with Crippen molar-refractivity contribution in [2.75, 3.05) is 13.1 Å². The van der Waals surface area contributed by atoms with Gasteiger partial charge in [0.15, 0.2) is 4.77 Å². The Morgan fingerprint density at radius 1 is 1.32 bits per heavy atom. The summed E-state index contributed by atoms with van der Waals surface area (Å²) in [6.45, 7) is 2.41. The highest BCUT2D eigenvalue weighted by Crippen LogP contribution is 2.66. The van der Waals surface area contributed by atoms with E-state index in [4.69, 9.17) is 12.2 Å². The monoisotopic (exact) mass is 463 g/mol. The maximum absolute atomic E-state index is 14.6. The van der Waals surface area contributed by atoms with Gasteiger partial charge in [-0.3, -0.25) is 4.79 Å². The van der Waals surface area contributed by atoms with Crippen molar-refractivity contribution in [1.29, 1.82) is 0 Å². The number of benzene rings is 1. The van der Waals surface area contributed by atoms with Crippen LogP contribution in [0.3, 0.4) is 0 Å². The fourth-order valence-corrected chi connectivity index (χ4v) is 5.89. The predicted molar refractivity (Wildman–Crippen MR) is 112 cm³/mol. The molecule has 1 saturated heterocycles. The summed E-state index contributed by atoms with van der Waals surface area (Å²) in [4.78, 5) is 14.9. The van der Waals surface area contributed by atoms with Crippen LogP contribution in [0, 0.1) is 10.6 Å². The number of rotatable bonds is 3. The molecule has 2 aliphatic heterocycles. The number of hydrogen-bond donors (Lipinski definition) is 0. The van der Waals surface area contributed by atoms with E-state index in [1.54, 1.807) is 6.07 Å². The molecule has 1 aromatic heterocycles. The van der Waals surface area contributed by atoms with Gasteiger partial charge in [0.25, 0.3) is 0 Å². The quantitative estimate of drug-likeness (QED) is 0.629. The molecular formula is C21H23BrFN3OS. The van der Waals surface area contributed by atoms with Gasteiger partial charge in [-0.1, -0.05) is 15.9 Å². The summed E-state index contributed by atoms with van der Waals surface area (Å²) in [6.07, 6.45) is 4.69. The highest BCUT2D eigenvalue weighted by molar-refractivity contribution is 9.10. The van der Waals surface area contributed by atoms with E-state index in [2.05, 4.69) is 20.5 Å². The molecule has 148 valence electrons. The minimum atomic E-state index is -0.214. The van der Waals surface area contributed by atoms with Crippen LogP contribution < -0.4 is 0 Å². The average Bonchev–Trinajstić information content (AvgIpc) is 3.26. The third-order valence-electron chi connectivity index (χ3n) is 6.85. The van der Waals surface area contributed by atoms with Crippen LogP contribution >= 0.6 is 28.1 Å². The standard InChI is InChI=1S/C21H23BrFN3OS/c1-24-17(10-18(27)25-7-3-2-4-8-25)19-15-11-21(15,12-26(19)20(24)28)14-9-13(22)5-6-16(14)23/h5-6,9,15H,2-4,7-8,10-12H2,1H3/t15-,21+/m0/s1. The third-order valence-corrected chi connectivity index (χ3v) is 7.83. The van der Waals surface area contributed by atoms with Crippen molar-refractivity contribution in [3.8, 4) is 0 Å². The number of nitrogens with zero attached hydrogens (tertiary/aromatic N) is 3. The van der Waals surface area contributed by atoms with Gasteiger partial charge in [-0.25, -0.2) is 4.39 Å². The van der Waals surface area contributed by atoms with Crippen molar-refractivity contribution in [1.82, 2.24) is 14.0 Å². The molecule has 0 radical (unpaired) electrons. The van der Waals surface area contributed by atoms with Crippen LogP contribution in [0.4, 0.5) is 4.39 Å². The van der Waals surface area contributed by atoms with E-state index in [9.17, 15) is 9.18 Å². The zero-order valence-corrected chi connectivity index (χ0v) is 18.3. The third kappa shape index (κ3) is 2.65. The first-order valence-corrected chi connectivity index (χ1v) is 11.1. The van der Waals surface area contributed by atoms with Crippen LogP contribution in [0.15, 0.2) is 22.7 Å². The van der Waals surface area contributed by atoms with Gasteiger partial charge in [0.2, 0.25) is 5.91 Å². The number of hydrogen-bond acceptors (Lipinski definition) is 2. The highest BCUT2D eigenvalue weighted by Gasteiger charge is 2.63. The largest absolute Gasteiger partial charge is 0.342 e. The smallest absolute Gasteiger partial charge is 0.228 e. The second-order valence-electron chi connectivity index (χ2n) is 8.41. The van der Waals surface area contributed by atoms with Crippen LogP contribution in [-0.2, 0) is 30.2 Å². The summed E-state index contributed by atoms with van der Waals surface area (Å²) in [5, 5.41) is 0. The Bertz CT molecular complexity index is 1040. The van der Waals surface area contributed by atoms with Gasteiger partial charge in [0.1, 0.15) is 5.82 Å². The number of amides is 1. The Hall–Kier alpha value is -1.47. The lowest BCUT2D eigenvalue weighted by Crippen LogP contribution is -2.37. The predicted octanol–water partition coefficient (Wildman–Crippen LogP) is 4.45. The molecule has 5 rings (SSSR count). The van der Waals surface area contributed by atoms with Crippen LogP contribution in [0.1, 0.15) is 48.6 Å². The Labute approximate surface area is 177 Å². The summed E-state index contributed by atoms with van der Waals surface area (Å²) in [5.74, 6) is 0.270. The van der Waals surface area contributed by atoms with Gasteiger partial charge in [0, 0.05) is 53.9 Å². The molecule has 3 aliphatic rings. The molecule has 1 aliphatic carbocycles. The first-order valence-electron chi connectivity index (χ1n) is 9.94. The molecule has 1 amide bonds. The SMILES string of the molecule is Cn1c(CC(=O)N2CCCCC2)c2n(c1=S)C[C@@]1(c3cc(Br)ccc3F)C[C@@H]21. The first-order chi connectivity index (χ1) is 13.4. The normalized spacial score (nSPS) is 25.5. The molecule has 0 spiro atoms. The first kappa shape index (κ1) is 18.6. The molecule has 2 aromatic rings. The molecule has 0 unspecified atom stereocenters. The number of halogens is 2. The van der Waals surface area contributed by atoms with Gasteiger partial charge in [-0.15, -0.1) is 0 Å². The molecule has 2 atom stereocenters. The second kappa shape index (κ2) is 6.52. The van der Waals surface area contributed by atoms with Crippen molar-refractivity contribution in [2.45, 2.75) is 50.0 Å². The van der Waals surface area contributed by atoms with E-state index < -0.39 is 0 Å². The Kier molecular flexibility index (Phi) is 4.32. The molecule has 0 N–H and O–H groups in total. The molecule has 3 heterocycles. The van der Waals surface area contributed by atoms with E-state index in [-0.39, 0.29) is 23.1 Å². The minimum Gasteiger partial charge on any atom is -0.342 e. The molecule has 1 saturated carbocycles. The highest BCUT2D eigenvalue weighted by atomic mass is 79.9. The van der Waals surface area contributed by atoms with Crippen molar-refractivity contribution < 1.29 is 9.18 Å². The van der Waals surface area contributed by atoms with E-state index >= 15 is 0 Å². The molecule has 28 heavy (non-hydrogen) atoms. The van der Waals surface area contributed by atoms with Crippen LogP contribution in [0.25, 0.3) is 0 Å². The van der Waals surface area contributed by atoms with Crippen LogP contribution in [0.2, 0.25) is 0 Å². The second-order valence-corrected chi connectivity index (χ2v) is 9.70. The molecule has 4 nitrogen and oxygen atoms in total. The summed E-state index contributed by atoms with van der Waals surface area (Å²) in [5.41, 5.74) is 2.71. The lowest BCUT2D eigenvalue weighted by atomic mass is 9.93. The fourth-order valence-electron chi connectivity index (χ4n) is 5.26. The van der Waals surface area contributed by atoms with Crippen LogP contribution in [-0.4, -0.2) is 33.0 Å². The Balaban J connectivity index is 1.49. The molecule has 1 aromatic carbocycles. The maximum atomic E-state index is 14.6. The zero-order valence-electron chi connectivity index (χ0n) is 15.9. The van der Waals surface area contributed by atoms with E-state index in [0.717, 1.165) is 58.5 Å². The number of piperidine rings is 1. The Morgan fingerprint density at radius 3 is 2.82 bits per heavy atom. The number of carbonyl (C=O) groups excluding carboxylic acids is 1. The number of imidazole rings is 1. The van der Waals surface area contributed by atoms with Gasteiger partial charge in [-0.05, 0) is 61.7 Å². The van der Waals surface area contributed by atoms with E-state index in [1.165, 1.54) is 12.5 Å². The van der Waals surface area contributed by atoms with Gasteiger partial charge in [-0.2, -0.15) is 0 Å². The van der Waals surface area contributed by atoms with Gasteiger partial charge < -0.3 is 14.0 Å². The number of carbonyl (C=O) groups is 1. The van der Waals surface area contributed by atoms with Gasteiger partial charge in [0.05, 0.1) is 6.42 Å². The lowest BCUT2D eigenvalue weighted by molar-refractivity contribution is -0.131. The number of fused-ring (bicyclic) bond motifs is 3. The maximum Gasteiger partial charge on any atom is 0.228 e. The van der Waals surface area contributed by atoms with Crippen molar-refractivity contribution >= 4 is 34.1 Å². The van der Waals surface area contributed by atoms with Crippen LogP contribution in [0.5, 0.6) is 0 Å². The summed E-state index contributed by atoms with van der Waals surface area (Å²) in [6, 6.07) is 5.18. The zero-order chi connectivity index (χ0) is 19.6. The van der Waals surface area contributed by atoms with Crippen molar-refractivity contribution in [2.24, 2.45) is 7.05 Å².